The molecule has 204 valence electrons. The third kappa shape index (κ3) is 3.55. The minimum absolute atomic E-state index is 0.677. The van der Waals surface area contributed by atoms with Crippen molar-refractivity contribution >= 4 is 54.4 Å². The molecule has 0 radical (unpaired) electrons. The molecule has 0 aliphatic heterocycles. The highest BCUT2D eigenvalue weighted by molar-refractivity contribution is 6.17. The fraction of sp³-hybridized carbons (Fsp3) is 0. The van der Waals surface area contributed by atoms with Gasteiger partial charge in [-0.15, -0.1) is 0 Å². The van der Waals surface area contributed by atoms with E-state index in [1.54, 1.807) is 0 Å². The summed E-state index contributed by atoms with van der Waals surface area (Å²) in [5.74, 6) is 0. The molecule has 0 saturated heterocycles. The average molecular weight is 560 g/mol. The van der Waals surface area contributed by atoms with Crippen LogP contribution in [0, 0.1) is 11.3 Å². The number of para-hydroxylation sites is 3. The molecule has 0 amide bonds. The van der Waals surface area contributed by atoms with Gasteiger partial charge >= 0.3 is 0 Å². The normalized spacial score (nSPS) is 11.6. The highest BCUT2D eigenvalue weighted by Gasteiger charge is 2.18. The Morgan fingerprint density at radius 2 is 1.09 bits per heavy atom. The summed E-state index contributed by atoms with van der Waals surface area (Å²) in [6.45, 7) is 0. The van der Waals surface area contributed by atoms with Crippen LogP contribution < -0.4 is 0 Å². The van der Waals surface area contributed by atoms with Crippen molar-refractivity contribution in [1.82, 2.24) is 9.13 Å². The number of aromatic nitrogens is 2. The van der Waals surface area contributed by atoms with Gasteiger partial charge in [0.15, 0.2) is 0 Å². The first kappa shape index (κ1) is 24.5. The lowest BCUT2D eigenvalue weighted by atomic mass is 9.98. The van der Waals surface area contributed by atoms with Crippen molar-refractivity contribution in [2.45, 2.75) is 0 Å². The first-order valence-corrected chi connectivity index (χ1v) is 14.8. The zero-order chi connectivity index (χ0) is 29.2. The summed E-state index contributed by atoms with van der Waals surface area (Å²) in [5, 5.41) is 16.5. The van der Waals surface area contributed by atoms with Gasteiger partial charge in [-0.2, -0.15) is 5.26 Å². The summed E-state index contributed by atoms with van der Waals surface area (Å²) >= 11 is 0. The van der Waals surface area contributed by atoms with Crippen molar-refractivity contribution in [2.75, 3.05) is 0 Å². The van der Waals surface area contributed by atoms with E-state index >= 15 is 0 Å². The van der Waals surface area contributed by atoms with Gasteiger partial charge in [0.05, 0.1) is 33.7 Å². The SMILES string of the molecule is N#Cc1ccc2cc(-n3c4ccccc4c4cc(-c5cccc6c5c5ccccc5n6-c5ccccc5)ccc43)ccc2c1. The van der Waals surface area contributed by atoms with Gasteiger partial charge < -0.3 is 9.13 Å². The standard InChI is InChI=1S/C41H25N3/c42-26-27-17-18-29-24-32(21-19-28(29)23-27)44-37-14-6-4-11-34(37)36-25-30(20-22-39(36)44)33-13-8-16-40-41(33)35-12-5-7-15-38(35)43(40)31-9-2-1-3-10-31/h1-25H. The van der Waals surface area contributed by atoms with Gasteiger partial charge in [-0.25, -0.2) is 0 Å². The molecule has 3 nitrogen and oxygen atoms in total. The van der Waals surface area contributed by atoms with E-state index in [1.807, 2.05) is 18.2 Å². The molecular weight excluding hydrogens is 534 g/mol. The molecule has 0 bridgehead atoms. The number of rotatable bonds is 3. The predicted molar refractivity (Wildman–Crippen MR) is 183 cm³/mol. The van der Waals surface area contributed by atoms with Crippen LogP contribution in [0.3, 0.4) is 0 Å². The van der Waals surface area contributed by atoms with E-state index in [4.69, 9.17) is 0 Å². The summed E-state index contributed by atoms with van der Waals surface area (Å²) in [5.41, 5.74) is 10.1. The summed E-state index contributed by atoms with van der Waals surface area (Å²) < 4.78 is 4.73. The molecular formula is C41H25N3. The van der Waals surface area contributed by atoms with Crippen LogP contribution in [0.25, 0.3) is 76.9 Å². The van der Waals surface area contributed by atoms with E-state index < -0.39 is 0 Å². The maximum Gasteiger partial charge on any atom is 0.0991 e. The number of nitriles is 1. The average Bonchev–Trinajstić information content (AvgIpc) is 3.61. The molecule has 9 aromatic rings. The van der Waals surface area contributed by atoms with Gasteiger partial charge in [0.2, 0.25) is 0 Å². The maximum absolute atomic E-state index is 9.35. The van der Waals surface area contributed by atoms with Gasteiger partial charge in [-0.05, 0) is 88.6 Å². The molecule has 2 aromatic heterocycles. The van der Waals surface area contributed by atoms with Crippen LogP contribution in [0.2, 0.25) is 0 Å². The van der Waals surface area contributed by atoms with Crippen LogP contribution in [0.1, 0.15) is 5.56 Å². The zero-order valence-electron chi connectivity index (χ0n) is 23.8. The molecule has 3 heteroatoms. The number of benzene rings is 7. The topological polar surface area (TPSA) is 33.6 Å². The van der Waals surface area contributed by atoms with Gasteiger partial charge in [-0.3, -0.25) is 0 Å². The molecule has 0 aliphatic carbocycles. The number of hydrogen-bond donors (Lipinski definition) is 0. The Morgan fingerprint density at radius 3 is 1.93 bits per heavy atom. The molecule has 0 aliphatic rings. The second-order valence-corrected chi connectivity index (χ2v) is 11.3. The van der Waals surface area contributed by atoms with Crippen LogP contribution in [0.4, 0.5) is 0 Å². The Balaban J connectivity index is 1.29. The molecule has 0 unspecified atom stereocenters. The molecule has 2 heterocycles. The number of nitrogens with zero attached hydrogens (tertiary/aromatic N) is 3. The van der Waals surface area contributed by atoms with Gasteiger partial charge in [-0.1, -0.05) is 84.9 Å². The Kier molecular flexibility index (Phi) is 5.26. The van der Waals surface area contributed by atoms with Crippen LogP contribution in [-0.4, -0.2) is 9.13 Å². The lowest BCUT2D eigenvalue weighted by Gasteiger charge is -2.11. The first-order valence-electron chi connectivity index (χ1n) is 14.8. The monoisotopic (exact) mass is 559 g/mol. The Bertz CT molecular complexity index is 2610. The Morgan fingerprint density at radius 1 is 0.432 bits per heavy atom. The first-order chi connectivity index (χ1) is 21.8. The van der Waals surface area contributed by atoms with Crippen molar-refractivity contribution < 1.29 is 0 Å². The van der Waals surface area contributed by atoms with Crippen LogP contribution in [0.5, 0.6) is 0 Å². The summed E-state index contributed by atoms with van der Waals surface area (Å²) in [6, 6.07) is 56.2. The number of hydrogen-bond acceptors (Lipinski definition) is 1. The third-order valence-corrected chi connectivity index (χ3v) is 8.91. The van der Waals surface area contributed by atoms with E-state index in [0.717, 1.165) is 22.1 Å². The van der Waals surface area contributed by atoms with E-state index in [9.17, 15) is 5.26 Å². The van der Waals surface area contributed by atoms with Crippen molar-refractivity contribution in [3.05, 3.63) is 157 Å². The number of fused-ring (bicyclic) bond motifs is 7. The highest BCUT2D eigenvalue weighted by atomic mass is 15.0. The molecule has 0 fully saturated rings. The van der Waals surface area contributed by atoms with Crippen molar-refractivity contribution in [1.29, 1.82) is 5.26 Å². The molecule has 0 spiro atoms. The smallest absolute Gasteiger partial charge is 0.0991 e. The molecule has 44 heavy (non-hydrogen) atoms. The Hall–Kier alpha value is -6.11. The fourth-order valence-corrected chi connectivity index (χ4v) is 6.98. The zero-order valence-corrected chi connectivity index (χ0v) is 23.8. The quantitative estimate of drug-likeness (QED) is 0.212. The minimum Gasteiger partial charge on any atom is -0.309 e. The maximum atomic E-state index is 9.35. The lowest BCUT2D eigenvalue weighted by molar-refractivity contribution is 1.18. The summed E-state index contributed by atoms with van der Waals surface area (Å²) in [6.07, 6.45) is 0. The lowest BCUT2D eigenvalue weighted by Crippen LogP contribution is -1.94. The molecule has 0 saturated carbocycles. The predicted octanol–water partition coefficient (Wildman–Crippen LogP) is 10.6. The second-order valence-electron chi connectivity index (χ2n) is 11.3. The third-order valence-electron chi connectivity index (χ3n) is 8.91. The largest absolute Gasteiger partial charge is 0.309 e. The summed E-state index contributed by atoms with van der Waals surface area (Å²) in [7, 11) is 0. The van der Waals surface area contributed by atoms with Crippen LogP contribution in [-0.2, 0) is 0 Å². The summed E-state index contributed by atoms with van der Waals surface area (Å²) in [4.78, 5) is 0. The second kappa shape index (κ2) is 9.46. The van der Waals surface area contributed by atoms with E-state index in [1.165, 1.54) is 54.7 Å². The molecule has 9 rings (SSSR count). The van der Waals surface area contributed by atoms with E-state index in [2.05, 4.69) is 149 Å². The van der Waals surface area contributed by atoms with Crippen molar-refractivity contribution in [3.8, 4) is 28.6 Å². The van der Waals surface area contributed by atoms with E-state index in [0.29, 0.717) is 5.56 Å². The van der Waals surface area contributed by atoms with Gasteiger partial charge in [0, 0.05) is 32.9 Å². The highest BCUT2D eigenvalue weighted by Crippen LogP contribution is 2.41. The van der Waals surface area contributed by atoms with Crippen molar-refractivity contribution in [3.63, 3.8) is 0 Å². The van der Waals surface area contributed by atoms with E-state index in [-0.39, 0.29) is 0 Å². The minimum atomic E-state index is 0.677. The van der Waals surface area contributed by atoms with Gasteiger partial charge in [0.1, 0.15) is 0 Å². The fourth-order valence-electron chi connectivity index (χ4n) is 6.98. The molecule has 7 aromatic carbocycles. The van der Waals surface area contributed by atoms with Crippen LogP contribution in [0.15, 0.2) is 152 Å². The van der Waals surface area contributed by atoms with Crippen molar-refractivity contribution in [2.24, 2.45) is 0 Å². The van der Waals surface area contributed by atoms with Gasteiger partial charge in [0.25, 0.3) is 0 Å². The van der Waals surface area contributed by atoms with Crippen LogP contribution >= 0.6 is 0 Å². The molecule has 0 atom stereocenters. The Labute approximate surface area is 254 Å². The molecule has 0 N–H and O–H groups in total.